The Balaban J connectivity index is 1.46. The van der Waals surface area contributed by atoms with Crippen molar-refractivity contribution in [3.8, 4) is 5.69 Å². The molecule has 0 saturated heterocycles. The number of carbonyl (C=O) groups excluding carboxylic acids is 1. The minimum Gasteiger partial charge on any atom is -0.338 e. The van der Waals surface area contributed by atoms with Crippen LogP contribution in [0.25, 0.3) is 5.69 Å². The van der Waals surface area contributed by atoms with E-state index in [2.05, 4.69) is 30.8 Å². The lowest BCUT2D eigenvalue weighted by Crippen LogP contribution is -2.30. The van der Waals surface area contributed by atoms with E-state index < -0.39 is 0 Å². The summed E-state index contributed by atoms with van der Waals surface area (Å²) in [7, 11) is 0. The molecular weight excluding hydrogens is 320 g/mol. The van der Waals surface area contributed by atoms with Gasteiger partial charge in [0.25, 0.3) is 0 Å². The Labute approximate surface area is 145 Å². The van der Waals surface area contributed by atoms with Crippen molar-refractivity contribution in [2.75, 3.05) is 11.9 Å². The van der Waals surface area contributed by atoms with E-state index in [1.807, 2.05) is 42.8 Å². The van der Waals surface area contributed by atoms with Crippen molar-refractivity contribution in [3.63, 3.8) is 0 Å². The third kappa shape index (κ3) is 4.40. The summed E-state index contributed by atoms with van der Waals surface area (Å²) >= 11 is 0. The Bertz CT molecular complexity index is 840. The van der Waals surface area contributed by atoms with Crippen LogP contribution in [0.2, 0.25) is 0 Å². The van der Waals surface area contributed by atoms with Gasteiger partial charge in [-0.1, -0.05) is 6.07 Å². The fourth-order valence-electron chi connectivity index (χ4n) is 2.45. The number of urea groups is 1. The van der Waals surface area contributed by atoms with E-state index in [0.717, 1.165) is 30.3 Å². The van der Waals surface area contributed by atoms with Crippen molar-refractivity contribution in [3.05, 3.63) is 48.6 Å². The molecule has 0 atom stereocenters. The van der Waals surface area contributed by atoms with Crippen molar-refractivity contribution < 1.29 is 4.79 Å². The molecule has 2 heterocycles. The van der Waals surface area contributed by atoms with E-state index in [4.69, 9.17) is 0 Å². The second kappa shape index (κ2) is 7.56. The smallest absolute Gasteiger partial charge is 0.319 e. The normalized spacial score (nSPS) is 10.6. The Morgan fingerprint density at radius 2 is 2.16 bits per heavy atom. The van der Waals surface area contributed by atoms with Crippen LogP contribution in [-0.2, 0) is 6.54 Å². The van der Waals surface area contributed by atoms with E-state index in [9.17, 15) is 4.79 Å². The molecule has 0 aliphatic rings. The Morgan fingerprint density at radius 3 is 2.88 bits per heavy atom. The molecule has 3 aromatic rings. The average molecular weight is 340 g/mol. The summed E-state index contributed by atoms with van der Waals surface area (Å²) in [6, 6.07) is 7.14. The summed E-state index contributed by atoms with van der Waals surface area (Å²) in [6.45, 7) is 5.05. The number of anilines is 1. The van der Waals surface area contributed by atoms with Gasteiger partial charge in [-0.2, -0.15) is 10.2 Å². The van der Waals surface area contributed by atoms with Gasteiger partial charge in [-0.3, -0.25) is 4.68 Å². The minimum absolute atomic E-state index is 0.248. The van der Waals surface area contributed by atoms with Gasteiger partial charge in [0.2, 0.25) is 0 Å². The highest BCUT2D eigenvalue weighted by atomic mass is 16.2. The fraction of sp³-hybridized carbons (Fsp3) is 0.312. The fourth-order valence-corrected chi connectivity index (χ4v) is 2.45. The van der Waals surface area contributed by atoms with Gasteiger partial charge in [-0.15, -0.1) is 0 Å². The quantitative estimate of drug-likeness (QED) is 0.665. The highest BCUT2D eigenvalue weighted by Gasteiger charge is 2.05. The van der Waals surface area contributed by atoms with Crippen LogP contribution in [0.15, 0.2) is 36.9 Å². The van der Waals surface area contributed by atoms with Gasteiger partial charge in [-0.05, 0) is 38.5 Å². The number of nitrogens with zero attached hydrogens (tertiary/aromatic N) is 6. The lowest BCUT2D eigenvalue weighted by atomic mass is 10.3. The first-order valence-corrected chi connectivity index (χ1v) is 8.00. The number of amides is 2. The summed E-state index contributed by atoms with van der Waals surface area (Å²) in [5, 5.41) is 14.0. The molecular formula is C16H20N8O. The number of rotatable bonds is 6. The zero-order valence-corrected chi connectivity index (χ0v) is 14.2. The molecule has 0 radical (unpaired) electrons. The highest BCUT2D eigenvalue weighted by molar-refractivity contribution is 5.89. The van der Waals surface area contributed by atoms with Crippen LogP contribution in [0, 0.1) is 13.8 Å². The lowest BCUT2D eigenvalue weighted by molar-refractivity contribution is 0.251. The number of carbonyl (C=O) groups is 1. The third-order valence-corrected chi connectivity index (χ3v) is 3.58. The van der Waals surface area contributed by atoms with Gasteiger partial charge in [0.1, 0.15) is 24.3 Å². The first-order valence-electron chi connectivity index (χ1n) is 8.00. The first-order chi connectivity index (χ1) is 12.1. The molecule has 9 nitrogen and oxygen atoms in total. The maximum absolute atomic E-state index is 12.0. The van der Waals surface area contributed by atoms with Crippen molar-refractivity contribution in [2.45, 2.75) is 26.8 Å². The van der Waals surface area contributed by atoms with Crippen molar-refractivity contribution in [1.29, 1.82) is 0 Å². The van der Waals surface area contributed by atoms with Crippen molar-refractivity contribution in [2.24, 2.45) is 0 Å². The topological polar surface area (TPSA) is 103 Å². The van der Waals surface area contributed by atoms with Crippen LogP contribution in [-0.4, -0.2) is 42.1 Å². The summed E-state index contributed by atoms with van der Waals surface area (Å²) < 4.78 is 3.47. The molecule has 2 amide bonds. The van der Waals surface area contributed by atoms with Crippen LogP contribution in [0.3, 0.4) is 0 Å². The van der Waals surface area contributed by atoms with Crippen LogP contribution in [0.5, 0.6) is 0 Å². The Kier molecular flexibility index (Phi) is 5.03. The lowest BCUT2D eigenvalue weighted by Gasteiger charge is -2.09. The van der Waals surface area contributed by atoms with Gasteiger partial charge < -0.3 is 10.6 Å². The zero-order valence-electron chi connectivity index (χ0n) is 14.2. The molecule has 130 valence electrons. The Morgan fingerprint density at radius 1 is 1.28 bits per heavy atom. The van der Waals surface area contributed by atoms with E-state index in [1.54, 1.807) is 11.0 Å². The summed E-state index contributed by atoms with van der Waals surface area (Å²) in [6.07, 6.45) is 3.84. The monoisotopic (exact) mass is 340 g/mol. The summed E-state index contributed by atoms with van der Waals surface area (Å²) in [5.41, 5.74) is 1.51. The maximum Gasteiger partial charge on any atom is 0.319 e. The molecule has 2 N–H and O–H groups in total. The molecule has 0 saturated carbocycles. The minimum atomic E-state index is -0.248. The van der Waals surface area contributed by atoms with E-state index in [0.29, 0.717) is 12.2 Å². The zero-order chi connectivity index (χ0) is 17.6. The van der Waals surface area contributed by atoms with Gasteiger partial charge in [0.05, 0.1) is 5.69 Å². The molecule has 0 aliphatic carbocycles. The van der Waals surface area contributed by atoms with E-state index in [1.165, 1.54) is 6.33 Å². The Hall–Kier alpha value is -3.23. The number of nitrogens with one attached hydrogen (secondary N) is 2. The number of aromatic nitrogens is 6. The van der Waals surface area contributed by atoms with Crippen LogP contribution in [0.1, 0.15) is 18.1 Å². The van der Waals surface area contributed by atoms with Crippen molar-refractivity contribution in [1.82, 2.24) is 34.8 Å². The number of hydrogen-bond acceptors (Lipinski definition) is 5. The summed E-state index contributed by atoms with van der Waals surface area (Å²) in [5.74, 6) is 1.64. The van der Waals surface area contributed by atoms with Gasteiger partial charge >= 0.3 is 6.03 Å². The van der Waals surface area contributed by atoms with Crippen LogP contribution >= 0.6 is 0 Å². The molecule has 0 unspecified atom stereocenters. The molecule has 9 heteroatoms. The van der Waals surface area contributed by atoms with Gasteiger partial charge in [-0.25, -0.2) is 19.4 Å². The molecule has 0 bridgehead atoms. The largest absolute Gasteiger partial charge is 0.338 e. The third-order valence-electron chi connectivity index (χ3n) is 3.58. The molecule has 1 aromatic carbocycles. The van der Waals surface area contributed by atoms with Gasteiger partial charge in [0.15, 0.2) is 0 Å². The molecule has 2 aromatic heterocycles. The van der Waals surface area contributed by atoms with E-state index >= 15 is 0 Å². The average Bonchev–Trinajstić information content (AvgIpc) is 3.22. The molecule has 0 fully saturated rings. The number of benzene rings is 1. The number of hydrogen-bond donors (Lipinski definition) is 2. The summed E-state index contributed by atoms with van der Waals surface area (Å²) in [4.78, 5) is 20.2. The van der Waals surface area contributed by atoms with Gasteiger partial charge in [0, 0.05) is 18.8 Å². The second-order valence-corrected chi connectivity index (χ2v) is 5.55. The molecule has 0 spiro atoms. The first kappa shape index (κ1) is 16.6. The molecule has 25 heavy (non-hydrogen) atoms. The molecule has 0 aliphatic heterocycles. The predicted octanol–water partition coefficient (Wildman–Crippen LogP) is 1.69. The van der Waals surface area contributed by atoms with Crippen molar-refractivity contribution >= 4 is 11.7 Å². The van der Waals surface area contributed by atoms with E-state index in [-0.39, 0.29) is 6.03 Å². The predicted molar refractivity (Wildman–Crippen MR) is 92.5 cm³/mol. The highest BCUT2D eigenvalue weighted by Crippen LogP contribution is 2.13. The molecule has 3 rings (SSSR count). The van der Waals surface area contributed by atoms with Crippen LogP contribution < -0.4 is 10.6 Å². The standard InChI is InChI=1S/C16H20N8O/c1-12-20-13(2)23(22-12)8-4-7-18-16(25)21-14-5-3-6-15(9-14)24-11-17-10-19-24/h3,5-6,9-11H,4,7-8H2,1-2H3,(H2,18,21,25). The number of aryl methyl sites for hydroxylation is 3. The second-order valence-electron chi connectivity index (χ2n) is 5.55. The SMILES string of the molecule is Cc1nc(C)n(CCCNC(=O)Nc2cccc(-n3cncn3)c2)n1. The van der Waals surface area contributed by atoms with Crippen LogP contribution in [0.4, 0.5) is 10.5 Å². The maximum atomic E-state index is 12.0.